The van der Waals surface area contributed by atoms with Gasteiger partial charge in [-0.1, -0.05) is 24.3 Å². The summed E-state index contributed by atoms with van der Waals surface area (Å²) >= 11 is 0. The fourth-order valence-electron chi connectivity index (χ4n) is 3.24. The van der Waals surface area contributed by atoms with Gasteiger partial charge in [-0.25, -0.2) is 4.79 Å². The second-order valence-electron chi connectivity index (χ2n) is 6.83. The number of nitrogens with one attached hydrogen (secondary N) is 1. The van der Waals surface area contributed by atoms with E-state index in [1.54, 1.807) is 54.6 Å². The van der Waals surface area contributed by atoms with Crippen LogP contribution in [0.4, 0.5) is 5.69 Å². The number of benzene rings is 2. The molecule has 1 aliphatic heterocycles. The molecule has 6 nitrogen and oxygen atoms in total. The van der Waals surface area contributed by atoms with Gasteiger partial charge in [0.25, 0.3) is 5.91 Å². The van der Waals surface area contributed by atoms with Crippen LogP contribution in [0.25, 0.3) is 6.08 Å². The molecule has 0 saturated carbocycles. The Bertz CT molecular complexity index is 913. The molecule has 6 heteroatoms. The lowest BCUT2D eigenvalue weighted by Crippen LogP contribution is -2.36. The Morgan fingerprint density at radius 1 is 0.966 bits per heavy atom. The number of piperidine rings is 1. The SMILES string of the molecule is COC(=O)c1ccc(/C=C/C(=O)Nc2ccccc2C(=O)N2CCCCC2)cc1. The van der Waals surface area contributed by atoms with Gasteiger partial charge < -0.3 is 15.0 Å². The second kappa shape index (κ2) is 9.68. The molecule has 2 aromatic carbocycles. The van der Waals surface area contributed by atoms with E-state index in [2.05, 4.69) is 10.1 Å². The van der Waals surface area contributed by atoms with E-state index in [4.69, 9.17) is 0 Å². The molecule has 1 saturated heterocycles. The molecule has 0 aromatic heterocycles. The predicted molar refractivity (Wildman–Crippen MR) is 112 cm³/mol. The monoisotopic (exact) mass is 392 g/mol. The number of hydrogen-bond acceptors (Lipinski definition) is 4. The van der Waals surface area contributed by atoms with Crippen LogP contribution in [-0.4, -0.2) is 42.9 Å². The van der Waals surface area contributed by atoms with E-state index < -0.39 is 5.97 Å². The first-order chi connectivity index (χ1) is 14.1. The van der Waals surface area contributed by atoms with Gasteiger partial charge >= 0.3 is 5.97 Å². The Hall–Kier alpha value is -3.41. The molecule has 0 spiro atoms. The van der Waals surface area contributed by atoms with Crippen molar-refractivity contribution in [1.82, 2.24) is 4.90 Å². The Labute approximate surface area is 170 Å². The third-order valence-corrected chi connectivity index (χ3v) is 4.82. The van der Waals surface area contributed by atoms with Gasteiger partial charge in [-0.05, 0) is 55.2 Å². The number of rotatable bonds is 5. The summed E-state index contributed by atoms with van der Waals surface area (Å²) in [6, 6.07) is 13.8. The molecule has 2 aromatic rings. The van der Waals surface area contributed by atoms with Gasteiger partial charge in [0.15, 0.2) is 0 Å². The van der Waals surface area contributed by atoms with Crippen LogP contribution in [0.15, 0.2) is 54.6 Å². The Morgan fingerprint density at radius 3 is 2.34 bits per heavy atom. The molecule has 0 unspecified atom stereocenters. The standard InChI is InChI=1S/C23H24N2O4/c1-29-23(28)18-12-9-17(10-13-18)11-14-21(26)24-20-8-4-3-7-19(20)22(27)25-15-5-2-6-16-25/h3-4,7-14H,2,5-6,15-16H2,1H3,(H,24,26)/b14-11+. The summed E-state index contributed by atoms with van der Waals surface area (Å²) < 4.78 is 4.66. The largest absolute Gasteiger partial charge is 0.465 e. The van der Waals surface area contributed by atoms with Crippen LogP contribution in [0.2, 0.25) is 0 Å². The third kappa shape index (κ3) is 5.31. The molecule has 150 valence electrons. The van der Waals surface area contributed by atoms with E-state index in [1.165, 1.54) is 13.2 Å². The maximum atomic E-state index is 12.8. The summed E-state index contributed by atoms with van der Waals surface area (Å²) in [5.74, 6) is -0.794. The van der Waals surface area contributed by atoms with Crippen LogP contribution < -0.4 is 5.32 Å². The molecular formula is C23H24N2O4. The van der Waals surface area contributed by atoms with E-state index in [1.807, 2.05) is 4.90 Å². The van der Waals surface area contributed by atoms with Gasteiger partial charge in [0, 0.05) is 19.2 Å². The molecule has 2 amide bonds. The highest BCUT2D eigenvalue weighted by Gasteiger charge is 2.20. The molecule has 0 aliphatic carbocycles. The molecular weight excluding hydrogens is 368 g/mol. The number of carbonyl (C=O) groups is 3. The van der Waals surface area contributed by atoms with Crippen LogP contribution in [0.1, 0.15) is 45.5 Å². The minimum Gasteiger partial charge on any atom is -0.465 e. The number of carbonyl (C=O) groups excluding carboxylic acids is 3. The first-order valence-electron chi connectivity index (χ1n) is 9.64. The van der Waals surface area contributed by atoms with Crippen molar-refractivity contribution >= 4 is 29.5 Å². The average molecular weight is 392 g/mol. The van der Waals surface area contributed by atoms with E-state index in [9.17, 15) is 14.4 Å². The van der Waals surface area contributed by atoms with Gasteiger partial charge in [0.1, 0.15) is 0 Å². The molecule has 1 heterocycles. The molecule has 0 atom stereocenters. The van der Waals surface area contributed by atoms with Crippen LogP contribution >= 0.6 is 0 Å². The number of ether oxygens (including phenoxy) is 1. The molecule has 1 fully saturated rings. The Kier molecular flexibility index (Phi) is 6.79. The lowest BCUT2D eigenvalue weighted by atomic mass is 10.1. The van der Waals surface area contributed by atoms with Gasteiger partial charge in [0.05, 0.1) is 23.9 Å². The van der Waals surface area contributed by atoms with Gasteiger partial charge in [0.2, 0.25) is 5.91 Å². The zero-order chi connectivity index (χ0) is 20.6. The van der Waals surface area contributed by atoms with Crippen LogP contribution in [0, 0.1) is 0 Å². The summed E-state index contributed by atoms with van der Waals surface area (Å²) in [6.45, 7) is 1.51. The zero-order valence-electron chi connectivity index (χ0n) is 16.4. The summed E-state index contributed by atoms with van der Waals surface area (Å²) in [5.41, 5.74) is 2.21. The van der Waals surface area contributed by atoms with Crippen molar-refractivity contribution in [3.8, 4) is 0 Å². The van der Waals surface area contributed by atoms with Crippen LogP contribution in [0.3, 0.4) is 0 Å². The van der Waals surface area contributed by atoms with Gasteiger partial charge in [-0.15, -0.1) is 0 Å². The van der Waals surface area contributed by atoms with Crippen LogP contribution in [-0.2, 0) is 9.53 Å². The quantitative estimate of drug-likeness (QED) is 0.621. The van der Waals surface area contributed by atoms with Crippen molar-refractivity contribution in [2.75, 3.05) is 25.5 Å². The number of anilines is 1. The van der Waals surface area contributed by atoms with E-state index >= 15 is 0 Å². The molecule has 3 rings (SSSR count). The predicted octanol–water partition coefficient (Wildman–Crippen LogP) is 3.75. The number of amides is 2. The normalized spacial score (nSPS) is 13.9. The number of para-hydroxylation sites is 1. The van der Waals surface area contributed by atoms with Crippen molar-refractivity contribution < 1.29 is 19.1 Å². The van der Waals surface area contributed by atoms with E-state index in [-0.39, 0.29) is 11.8 Å². The minimum absolute atomic E-state index is 0.0528. The first-order valence-corrected chi connectivity index (χ1v) is 9.64. The number of methoxy groups -OCH3 is 1. The maximum absolute atomic E-state index is 12.8. The van der Waals surface area contributed by atoms with Crippen molar-refractivity contribution in [3.63, 3.8) is 0 Å². The smallest absolute Gasteiger partial charge is 0.337 e. The highest BCUT2D eigenvalue weighted by atomic mass is 16.5. The molecule has 0 bridgehead atoms. The van der Waals surface area contributed by atoms with Gasteiger partial charge in [-0.2, -0.15) is 0 Å². The first kappa shape index (κ1) is 20.3. The average Bonchev–Trinajstić information content (AvgIpc) is 2.78. The van der Waals surface area contributed by atoms with E-state index in [0.717, 1.165) is 37.9 Å². The number of likely N-dealkylation sites (tertiary alicyclic amines) is 1. The van der Waals surface area contributed by atoms with Crippen molar-refractivity contribution in [3.05, 3.63) is 71.3 Å². The number of hydrogen-bond donors (Lipinski definition) is 1. The van der Waals surface area contributed by atoms with Crippen LogP contribution in [0.5, 0.6) is 0 Å². The van der Waals surface area contributed by atoms with Crippen molar-refractivity contribution in [2.45, 2.75) is 19.3 Å². The minimum atomic E-state index is -0.409. The third-order valence-electron chi connectivity index (χ3n) is 4.82. The Morgan fingerprint density at radius 2 is 1.66 bits per heavy atom. The summed E-state index contributed by atoms with van der Waals surface area (Å²) in [4.78, 5) is 38.5. The molecule has 1 aliphatic rings. The number of esters is 1. The van der Waals surface area contributed by atoms with Crippen molar-refractivity contribution in [2.24, 2.45) is 0 Å². The fraction of sp³-hybridized carbons (Fsp3) is 0.261. The molecule has 0 radical (unpaired) electrons. The summed E-state index contributed by atoms with van der Waals surface area (Å²) in [7, 11) is 1.33. The lowest BCUT2D eigenvalue weighted by Gasteiger charge is -2.27. The highest BCUT2D eigenvalue weighted by molar-refractivity contribution is 6.07. The zero-order valence-corrected chi connectivity index (χ0v) is 16.4. The highest BCUT2D eigenvalue weighted by Crippen LogP contribution is 2.20. The second-order valence-corrected chi connectivity index (χ2v) is 6.83. The maximum Gasteiger partial charge on any atom is 0.337 e. The number of nitrogens with zero attached hydrogens (tertiary/aromatic N) is 1. The summed E-state index contributed by atoms with van der Waals surface area (Å²) in [6.07, 6.45) is 6.21. The van der Waals surface area contributed by atoms with Crippen molar-refractivity contribution in [1.29, 1.82) is 0 Å². The Balaban J connectivity index is 1.67. The summed E-state index contributed by atoms with van der Waals surface area (Å²) in [5, 5.41) is 2.79. The molecule has 29 heavy (non-hydrogen) atoms. The topological polar surface area (TPSA) is 75.7 Å². The van der Waals surface area contributed by atoms with Gasteiger partial charge in [-0.3, -0.25) is 9.59 Å². The lowest BCUT2D eigenvalue weighted by molar-refractivity contribution is -0.111. The van der Waals surface area contributed by atoms with E-state index in [0.29, 0.717) is 16.8 Å². The molecule has 1 N–H and O–H groups in total. The fourth-order valence-corrected chi connectivity index (χ4v) is 3.24.